The summed E-state index contributed by atoms with van der Waals surface area (Å²) in [4.78, 5) is 4.66. The van der Waals surface area contributed by atoms with Crippen LogP contribution in [0.2, 0.25) is 0 Å². The van der Waals surface area contributed by atoms with Crippen LogP contribution in [-0.2, 0) is 6.54 Å². The van der Waals surface area contributed by atoms with Gasteiger partial charge in [-0.3, -0.25) is 0 Å². The molecule has 106 valence electrons. The maximum Gasteiger partial charge on any atom is 0.0388 e. The fourth-order valence-electron chi connectivity index (χ4n) is 2.74. The maximum atomic E-state index is 3.76. The van der Waals surface area contributed by atoms with Crippen LogP contribution in [0.4, 0.5) is 5.69 Å². The van der Waals surface area contributed by atoms with Crippen molar-refractivity contribution in [2.45, 2.75) is 31.8 Å². The van der Waals surface area contributed by atoms with Crippen molar-refractivity contribution in [3.05, 3.63) is 29.8 Å². The Bertz CT molecular complexity index is 389. The molecule has 3 nitrogen and oxygen atoms in total. The van der Waals surface area contributed by atoms with E-state index in [0.29, 0.717) is 6.04 Å². The monoisotopic (exact) mass is 261 g/mol. The Hall–Kier alpha value is -1.06. The number of benzene rings is 1. The van der Waals surface area contributed by atoms with Crippen molar-refractivity contribution in [2.24, 2.45) is 0 Å². The summed E-state index contributed by atoms with van der Waals surface area (Å²) < 4.78 is 0. The van der Waals surface area contributed by atoms with Crippen LogP contribution >= 0.6 is 0 Å². The number of anilines is 1. The van der Waals surface area contributed by atoms with Gasteiger partial charge >= 0.3 is 0 Å². The molecule has 1 aromatic rings. The first-order chi connectivity index (χ1) is 9.15. The molecule has 1 atom stereocenters. The Labute approximate surface area is 117 Å². The van der Waals surface area contributed by atoms with E-state index in [2.05, 4.69) is 60.5 Å². The number of likely N-dealkylation sites (tertiary alicyclic amines) is 1. The summed E-state index contributed by atoms with van der Waals surface area (Å²) in [5.74, 6) is 0. The topological polar surface area (TPSA) is 18.5 Å². The summed E-state index contributed by atoms with van der Waals surface area (Å²) in [5.41, 5.74) is 2.70. The quantitative estimate of drug-likeness (QED) is 0.899. The van der Waals surface area contributed by atoms with Gasteiger partial charge in [-0.25, -0.2) is 0 Å². The normalized spacial score (nSPS) is 21.4. The molecule has 0 aromatic heterocycles. The highest BCUT2D eigenvalue weighted by molar-refractivity contribution is 5.51. The van der Waals surface area contributed by atoms with E-state index in [4.69, 9.17) is 0 Å². The van der Waals surface area contributed by atoms with Crippen LogP contribution in [-0.4, -0.2) is 50.1 Å². The smallest absolute Gasteiger partial charge is 0.0388 e. The highest BCUT2D eigenvalue weighted by Crippen LogP contribution is 2.21. The molecule has 1 saturated heterocycles. The molecule has 1 aliphatic heterocycles. The fourth-order valence-corrected chi connectivity index (χ4v) is 2.74. The van der Waals surface area contributed by atoms with Crippen LogP contribution in [0.3, 0.4) is 0 Å². The third-order valence-corrected chi connectivity index (χ3v) is 3.82. The lowest BCUT2D eigenvalue weighted by Gasteiger charge is -2.21. The number of hydrogen-bond donors (Lipinski definition) is 1. The van der Waals surface area contributed by atoms with E-state index in [0.717, 1.165) is 6.54 Å². The molecular weight excluding hydrogens is 234 g/mol. The predicted molar refractivity (Wildman–Crippen MR) is 82.6 cm³/mol. The van der Waals surface area contributed by atoms with E-state index in [9.17, 15) is 0 Å². The Morgan fingerprint density at radius 3 is 2.79 bits per heavy atom. The third kappa shape index (κ3) is 4.51. The largest absolute Gasteiger partial charge is 0.382 e. The molecule has 1 fully saturated rings. The van der Waals surface area contributed by atoms with Crippen molar-refractivity contribution in [1.29, 1.82) is 0 Å². The van der Waals surface area contributed by atoms with Crippen molar-refractivity contribution < 1.29 is 0 Å². The molecule has 0 bridgehead atoms. The third-order valence-electron chi connectivity index (χ3n) is 3.82. The predicted octanol–water partition coefficient (Wildman–Crippen LogP) is 2.64. The van der Waals surface area contributed by atoms with Crippen molar-refractivity contribution in [3.8, 4) is 0 Å². The average Bonchev–Trinajstić information content (AvgIpc) is 2.56. The lowest BCUT2D eigenvalue weighted by Crippen LogP contribution is -2.24. The first-order valence-corrected chi connectivity index (χ1v) is 7.33. The number of nitrogens with zero attached hydrogens (tertiary/aromatic N) is 2. The van der Waals surface area contributed by atoms with Crippen LogP contribution in [0, 0.1) is 0 Å². The lowest BCUT2D eigenvalue weighted by atomic mass is 10.1. The lowest BCUT2D eigenvalue weighted by molar-refractivity contribution is 0.348. The van der Waals surface area contributed by atoms with Gasteiger partial charge in [0, 0.05) is 18.3 Å². The first-order valence-electron chi connectivity index (χ1n) is 7.33. The second kappa shape index (κ2) is 6.92. The van der Waals surface area contributed by atoms with Crippen molar-refractivity contribution in [3.63, 3.8) is 0 Å². The Morgan fingerprint density at radius 2 is 2.00 bits per heavy atom. The van der Waals surface area contributed by atoms with Crippen molar-refractivity contribution in [1.82, 2.24) is 9.80 Å². The second-order valence-electron chi connectivity index (χ2n) is 5.97. The van der Waals surface area contributed by atoms with Crippen LogP contribution < -0.4 is 5.32 Å². The van der Waals surface area contributed by atoms with E-state index in [1.807, 2.05) is 0 Å². The summed E-state index contributed by atoms with van der Waals surface area (Å²) in [6, 6.07) is 9.32. The van der Waals surface area contributed by atoms with Gasteiger partial charge in [0.1, 0.15) is 0 Å². The van der Waals surface area contributed by atoms with E-state index in [1.54, 1.807) is 0 Å². The zero-order valence-corrected chi connectivity index (χ0v) is 12.5. The van der Waals surface area contributed by atoms with Crippen LogP contribution in [0.15, 0.2) is 24.3 Å². The highest BCUT2D eigenvalue weighted by Gasteiger charge is 2.15. The summed E-state index contributed by atoms with van der Waals surface area (Å²) in [5, 5.41) is 3.76. The van der Waals surface area contributed by atoms with E-state index < -0.39 is 0 Å². The van der Waals surface area contributed by atoms with Gasteiger partial charge in [0.2, 0.25) is 0 Å². The molecule has 3 heteroatoms. The average molecular weight is 261 g/mol. The molecular formula is C16H27N3. The van der Waals surface area contributed by atoms with E-state index in [-0.39, 0.29) is 0 Å². The van der Waals surface area contributed by atoms with Gasteiger partial charge in [0.15, 0.2) is 0 Å². The number of hydrogen-bond acceptors (Lipinski definition) is 3. The van der Waals surface area contributed by atoms with Gasteiger partial charge in [0.25, 0.3) is 0 Å². The van der Waals surface area contributed by atoms with Crippen LogP contribution in [0.25, 0.3) is 0 Å². The molecule has 0 amide bonds. The maximum absolute atomic E-state index is 3.76. The molecule has 2 rings (SSSR count). The van der Waals surface area contributed by atoms with E-state index in [1.165, 1.54) is 43.6 Å². The molecule has 1 heterocycles. The molecule has 1 N–H and O–H groups in total. The number of para-hydroxylation sites is 1. The second-order valence-corrected chi connectivity index (χ2v) is 5.97. The Kier molecular flexibility index (Phi) is 5.23. The minimum Gasteiger partial charge on any atom is -0.382 e. The number of nitrogens with one attached hydrogen (secondary N) is 1. The van der Waals surface area contributed by atoms with Crippen LogP contribution in [0.5, 0.6) is 0 Å². The molecule has 0 radical (unpaired) electrons. The molecule has 0 saturated carbocycles. The fraction of sp³-hybridized carbons (Fsp3) is 0.625. The van der Waals surface area contributed by atoms with Gasteiger partial charge in [-0.15, -0.1) is 0 Å². The molecule has 1 unspecified atom stereocenters. The SMILES string of the molecule is CN(C)Cc1ccccc1NC1CCCN(C)CC1. The standard InChI is InChI=1S/C16H27N3/c1-18(2)13-14-7-4-5-9-16(14)17-15-8-6-11-19(3)12-10-15/h4-5,7,9,15,17H,6,8,10-13H2,1-3H3. The summed E-state index contributed by atoms with van der Waals surface area (Å²) in [6.07, 6.45) is 3.82. The van der Waals surface area contributed by atoms with Crippen molar-refractivity contribution >= 4 is 5.69 Å². The van der Waals surface area contributed by atoms with E-state index >= 15 is 0 Å². The van der Waals surface area contributed by atoms with Gasteiger partial charge < -0.3 is 15.1 Å². The van der Waals surface area contributed by atoms with Gasteiger partial charge in [0.05, 0.1) is 0 Å². The first kappa shape index (κ1) is 14.4. The van der Waals surface area contributed by atoms with Crippen molar-refractivity contribution in [2.75, 3.05) is 39.5 Å². The summed E-state index contributed by atoms with van der Waals surface area (Å²) in [7, 11) is 6.47. The van der Waals surface area contributed by atoms with Gasteiger partial charge in [-0.2, -0.15) is 0 Å². The van der Waals surface area contributed by atoms with Gasteiger partial charge in [-0.1, -0.05) is 18.2 Å². The summed E-state index contributed by atoms with van der Waals surface area (Å²) >= 11 is 0. The Balaban J connectivity index is 2.01. The zero-order valence-electron chi connectivity index (χ0n) is 12.5. The molecule has 1 aliphatic rings. The molecule has 0 spiro atoms. The summed E-state index contributed by atoms with van der Waals surface area (Å²) in [6.45, 7) is 3.43. The van der Waals surface area contributed by atoms with Crippen LogP contribution in [0.1, 0.15) is 24.8 Å². The molecule has 1 aromatic carbocycles. The number of rotatable bonds is 4. The molecule has 0 aliphatic carbocycles. The minimum absolute atomic E-state index is 0.619. The minimum atomic E-state index is 0.619. The van der Waals surface area contributed by atoms with Gasteiger partial charge in [-0.05, 0) is 65.1 Å². The Morgan fingerprint density at radius 1 is 1.21 bits per heavy atom. The zero-order chi connectivity index (χ0) is 13.7. The highest BCUT2D eigenvalue weighted by atomic mass is 15.1. The molecule has 19 heavy (non-hydrogen) atoms.